The van der Waals surface area contributed by atoms with Gasteiger partial charge in [0.05, 0.1) is 0 Å². The summed E-state index contributed by atoms with van der Waals surface area (Å²) in [4.78, 5) is 0. The van der Waals surface area contributed by atoms with Crippen molar-refractivity contribution in [3.8, 4) is 0 Å². The molecule has 2 aliphatic rings. The summed E-state index contributed by atoms with van der Waals surface area (Å²) in [5.74, 6) is -1.41. The molecule has 3 rings (SSSR count). The normalized spacial score (nSPS) is 25.6. The third-order valence-corrected chi connectivity index (χ3v) is 4.39. The first kappa shape index (κ1) is 13.0. The number of rotatable bonds is 2. The smallest absolute Gasteiger partial charge is 0.248 e. The first-order valence-corrected chi connectivity index (χ1v) is 7.14. The largest absolute Gasteiger partial charge is 0.317 e. The number of alkyl halides is 2. The maximum Gasteiger partial charge on any atom is 0.248 e. The summed E-state index contributed by atoms with van der Waals surface area (Å²) in [5, 5.41) is 11.6. The average Bonchev–Trinajstić information content (AvgIpc) is 2.89. The summed E-state index contributed by atoms with van der Waals surface area (Å²) in [7, 11) is 0. The highest BCUT2D eigenvalue weighted by Gasteiger charge is 2.37. The van der Waals surface area contributed by atoms with E-state index in [1.54, 1.807) is 6.33 Å². The van der Waals surface area contributed by atoms with Gasteiger partial charge in [-0.15, -0.1) is 10.2 Å². The third-order valence-electron chi connectivity index (χ3n) is 4.39. The zero-order valence-electron chi connectivity index (χ0n) is 11.0. The molecule has 2 heterocycles. The molecule has 6 heteroatoms. The van der Waals surface area contributed by atoms with E-state index < -0.39 is 5.92 Å². The molecule has 1 aliphatic heterocycles. The second-order valence-electron chi connectivity index (χ2n) is 5.71. The Morgan fingerprint density at radius 2 is 1.84 bits per heavy atom. The molecule has 106 valence electrons. The van der Waals surface area contributed by atoms with Crippen LogP contribution >= 0.6 is 0 Å². The maximum atomic E-state index is 13.2. The van der Waals surface area contributed by atoms with Crippen LogP contribution in [-0.4, -0.2) is 33.8 Å². The summed E-state index contributed by atoms with van der Waals surface area (Å²) >= 11 is 0. The minimum absolute atomic E-state index is 0.0171. The van der Waals surface area contributed by atoms with Gasteiger partial charge < -0.3 is 9.88 Å². The Hall–Kier alpha value is -1.04. The van der Waals surface area contributed by atoms with Crippen LogP contribution in [0.15, 0.2) is 6.33 Å². The van der Waals surface area contributed by atoms with Crippen LogP contribution in [0.4, 0.5) is 8.78 Å². The topological polar surface area (TPSA) is 42.7 Å². The zero-order valence-corrected chi connectivity index (χ0v) is 11.0. The van der Waals surface area contributed by atoms with Gasteiger partial charge in [-0.1, -0.05) is 0 Å². The maximum absolute atomic E-state index is 13.2. The SMILES string of the molecule is FC1(F)CCC(c2nncn2C2CCNCC2)CC1. The summed E-state index contributed by atoms with van der Waals surface area (Å²) in [5.41, 5.74) is 0. The molecule has 1 aromatic heterocycles. The van der Waals surface area contributed by atoms with Crippen molar-refractivity contribution in [1.82, 2.24) is 20.1 Å². The van der Waals surface area contributed by atoms with E-state index in [1.165, 1.54) is 0 Å². The molecular formula is C13H20F2N4. The van der Waals surface area contributed by atoms with E-state index in [1.807, 2.05) is 0 Å². The van der Waals surface area contributed by atoms with Crippen LogP contribution in [0.2, 0.25) is 0 Å². The molecule has 1 N–H and O–H groups in total. The third kappa shape index (κ3) is 2.78. The van der Waals surface area contributed by atoms with E-state index in [0.717, 1.165) is 31.8 Å². The van der Waals surface area contributed by atoms with Crippen molar-refractivity contribution in [3.63, 3.8) is 0 Å². The van der Waals surface area contributed by atoms with Crippen molar-refractivity contribution in [1.29, 1.82) is 0 Å². The summed E-state index contributed by atoms with van der Waals surface area (Å²) < 4.78 is 28.6. The van der Waals surface area contributed by atoms with Crippen LogP contribution in [0.25, 0.3) is 0 Å². The zero-order chi connectivity index (χ0) is 13.3. The number of piperidine rings is 1. The molecular weight excluding hydrogens is 250 g/mol. The van der Waals surface area contributed by atoms with Crippen molar-refractivity contribution >= 4 is 0 Å². The fourth-order valence-corrected chi connectivity index (χ4v) is 3.21. The fourth-order valence-electron chi connectivity index (χ4n) is 3.21. The Morgan fingerprint density at radius 3 is 2.53 bits per heavy atom. The number of halogens is 2. The molecule has 1 saturated carbocycles. The number of nitrogens with one attached hydrogen (secondary N) is 1. The lowest BCUT2D eigenvalue weighted by Crippen LogP contribution is -2.31. The number of aromatic nitrogens is 3. The minimum atomic E-state index is -2.48. The predicted octanol–water partition coefficient (Wildman–Crippen LogP) is 2.50. The van der Waals surface area contributed by atoms with Crippen molar-refractivity contribution in [3.05, 3.63) is 12.2 Å². The standard InChI is InChI=1S/C13H20F2N4/c14-13(15)5-1-10(2-6-13)12-18-17-9-19(12)11-3-7-16-8-4-11/h9-11,16H,1-8H2. The number of nitrogens with zero attached hydrogens (tertiary/aromatic N) is 3. The van der Waals surface area contributed by atoms with E-state index in [4.69, 9.17) is 0 Å². The lowest BCUT2D eigenvalue weighted by Gasteiger charge is -2.30. The molecule has 0 unspecified atom stereocenters. The molecule has 0 radical (unpaired) electrons. The molecule has 0 spiro atoms. The van der Waals surface area contributed by atoms with Gasteiger partial charge in [0.25, 0.3) is 0 Å². The highest BCUT2D eigenvalue weighted by Crippen LogP contribution is 2.40. The molecule has 0 bridgehead atoms. The van der Waals surface area contributed by atoms with Crippen LogP contribution < -0.4 is 5.32 Å². The summed E-state index contributed by atoms with van der Waals surface area (Å²) in [6.07, 6.45) is 4.92. The lowest BCUT2D eigenvalue weighted by molar-refractivity contribution is -0.0391. The predicted molar refractivity (Wildman–Crippen MR) is 67.3 cm³/mol. The van der Waals surface area contributed by atoms with E-state index in [0.29, 0.717) is 18.9 Å². The Balaban J connectivity index is 1.73. The van der Waals surface area contributed by atoms with Gasteiger partial charge in [-0.25, -0.2) is 8.78 Å². The molecule has 1 saturated heterocycles. The van der Waals surface area contributed by atoms with E-state index in [9.17, 15) is 8.78 Å². The number of hydrogen-bond acceptors (Lipinski definition) is 3. The molecule has 1 aromatic rings. The van der Waals surface area contributed by atoms with Crippen molar-refractivity contribution in [2.24, 2.45) is 0 Å². The van der Waals surface area contributed by atoms with Crippen molar-refractivity contribution < 1.29 is 8.78 Å². The molecule has 0 atom stereocenters. The van der Waals surface area contributed by atoms with Crippen LogP contribution in [-0.2, 0) is 0 Å². The van der Waals surface area contributed by atoms with Gasteiger partial charge in [-0.05, 0) is 38.8 Å². The molecule has 19 heavy (non-hydrogen) atoms. The van der Waals surface area contributed by atoms with Crippen LogP contribution in [0, 0.1) is 0 Å². The van der Waals surface area contributed by atoms with E-state index in [-0.39, 0.29) is 18.8 Å². The fraction of sp³-hybridized carbons (Fsp3) is 0.846. The van der Waals surface area contributed by atoms with Gasteiger partial charge in [0.15, 0.2) is 0 Å². The highest BCUT2D eigenvalue weighted by molar-refractivity contribution is 5.02. The van der Waals surface area contributed by atoms with Gasteiger partial charge in [0.2, 0.25) is 5.92 Å². The number of hydrogen-bond donors (Lipinski definition) is 1. The van der Waals surface area contributed by atoms with E-state index >= 15 is 0 Å². The van der Waals surface area contributed by atoms with E-state index in [2.05, 4.69) is 20.1 Å². The van der Waals surface area contributed by atoms with Gasteiger partial charge >= 0.3 is 0 Å². The highest BCUT2D eigenvalue weighted by atomic mass is 19.3. The average molecular weight is 270 g/mol. The minimum Gasteiger partial charge on any atom is -0.317 e. The van der Waals surface area contributed by atoms with Gasteiger partial charge in [0, 0.05) is 24.8 Å². The quantitative estimate of drug-likeness (QED) is 0.898. The van der Waals surface area contributed by atoms with Gasteiger partial charge in [0.1, 0.15) is 12.2 Å². The van der Waals surface area contributed by atoms with Crippen LogP contribution in [0.3, 0.4) is 0 Å². The summed E-state index contributed by atoms with van der Waals surface area (Å²) in [6, 6.07) is 0.425. The Morgan fingerprint density at radius 1 is 1.16 bits per heavy atom. The lowest BCUT2D eigenvalue weighted by atomic mass is 9.86. The van der Waals surface area contributed by atoms with Gasteiger partial charge in [-0.3, -0.25) is 0 Å². The van der Waals surface area contributed by atoms with Crippen LogP contribution in [0.5, 0.6) is 0 Å². The first-order valence-electron chi connectivity index (χ1n) is 7.14. The Bertz CT molecular complexity index is 416. The monoisotopic (exact) mass is 270 g/mol. The first-order chi connectivity index (χ1) is 9.16. The Labute approximate surface area is 111 Å². The van der Waals surface area contributed by atoms with Crippen LogP contribution in [0.1, 0.15) is 56.3 Å². The molecule has 2 fully saturated rings. The molecule has 4 nitrogen and oxygen atoms in total. The Kier molecular flexibility index (Phi) is 3.52. The van der Waals surface area contributed by atoms with Gasteiger partial charge in [-0.2, -0.15) is 0 Å². The second-order valence-corrected chi connectivity index (χ2v) is 5.71. The molecule has 0 aromatic carbocycles. The molecule has 0 amide bonds. The van der Waals surface area contributed by atoms with Crippen molar-refractivity contribution in [2.75, 3.05) is 13.1 Å². The second kappa shape index (κ2) is 5.15. The van der Waals surface area contributed by atoms with Crippen molar-refractivity contribution in [2.45, 2.75) is 56.4 Å². The molecule has 1 aliphatic carbocycles. The summed E-state index contributed by atoms with van der Waals surface area (Å²) in [6.45, 7) is 2.01.